The molecule has 3 heterocycles. The van der Waals surface area contributed by atoms with Crippen LogP contribution in [-0.2, 0) is 4.74 Å². The van der Waals surface area contributed by atoms with Gasteiger partial charge in [-0.25, -0.2) is 0 Å². The van der Waals surface area contributed by atoms with Crippen LogP contribution in [0.15, 0.2) is 61.1 Å². The molecule has 1 N–H and O–H groups in total. The molecule has 3 aromatic rings. The smallest absolute Gasteiger partial charge is 0.271 e. The Kier molecular flexibility index (Phi) is 4.88. The van der Waals surface area contributed by atoms with Crippen molar-refractivity contribution >= 4 is 16.7 Å². The number of nitrogens with one attached hydrogen (secondary N) is 1. The Bertz CT molecular complexity index is 887. The van der Waals surface area contributed by atoms with Crippen LogP contribution in [0, 0.1) is 5.92 Å². The van der Waals surface area contributed by atoms with Gasteiger partial charge in [-0.1, -0.05) is 30.3 Å². The standard InChI is InChI=1S/C21H21N3O2/c25-21(20-18-6-2-1-4-15(18)7-11-23-20)24-19(16-8-12-26-13-9-16)17-5-3-10-22-14-17/h1-7,10-11,14,16,19H,8-9,12-13H2,(H,24,25). The molecule has 1 aliphatic heterocycles. The lowest BCUT2D eigenvalue weighted by molar-refractivity contribution is 0.0513. The molecule has 0 spiro atoms. The quantitative estimate of drug-likeness (QED) is 0.784. The highest BCUT2D eigenvalue weighted by molar-refractivity contribution is 6.05. The van der Waals surface area contributed by atoms with Crippen molar-refractivity contribution in [2.45, 2.75) is 18.9 Å². The molecule has 0 saturated carbocycles. The van der Waals surface area contributed by atoms with Gasteiger partial charge in [-0.2, -0.15) is 0 Å². The van der Waals surface area contributed by atoms with Crippen molar-refractivity contribution in [1.29, 1.82) is 0 Å². The summed E-state index contributed by atoms with van der Waals surface area (Å²) in [5.41, 5.74) is 1.48. The van der Waals surface area contributed by atoms with E-state index in [2.05, 4.69) is 15.3 Å². The highest BCUT2D eigenvalue weighted by Crippen LogP contribution is 2.30. The number of rotatable bonds is 4. The molecule has 132 valence electrons. The van der Waals surface area contributed by atoms with E-state index < -0.39 is 0 Å². The zero-order valence-electron chi connectivity index (χ0n) is 14.5. The number of amides is 1. The van der Waals surface area contributed by atoms with E-state index in [1.807, 2.05) is 48.7 Å². The molecule has 2 aromatic heterocycles. The first-order valence-electron chi connectivity index (χ1n) is 8.95. The van der Waals surface area contributed by atoms with Gasteiger partial charge < -0.3 is 10.1 Å². The number of benzene rings is 1. The summed E-state index contributed by atoms with van der Waals surface area (Å²) in [7, 11) is 0. The van der Waals surface area contributed by atoms with E-state index in [0.717, 1.165) is 42.4 Å². The van der Waals surface area contributed by atoms with E-state index in [1.54, 1.807) is 12.4 Å². The van der Waals surface area contributed by atoms with Crippen LogP contribution in [0.3, 0.4) is 0 Å². The minimum absolute atomic E-state index is 0.0964. The van der Waals surface area contributed by atoms with Crippen LogP contribution >= 0.6 is 0 Å². The molecule has 1 aliphatic rings. The number of carbonyl (C=O) groups excluding carboxylic acids is 1. The van der Waals surface area contributed by atoms with E-state index in [1.165, 1.54) is 0 Å². The third kappa shape index (κ3) is 3.44. The number of nitrogens with zero attached hydrogens (tertiary/aromatic N) is 2. The van der Waals surface area contributed by atoms with Crippen LogP contribution in [0.25, 0.3) is 10.8 Å². The maximum absolute atomic E-state index is 13.1. The van der Waals surface area contributed by atoms with Crippen LogP contribution in [0.2, 0.25) is 0 Å². The van der Waals surface area contributed by atoms with E-state index in [0.29, 0.717) is 11.6 Å². The molecule has 0 bridgehead atoms. The van der Waals surface area contributed by atoms with Crippen LogP contribution in [0.1, 0.15) is 34.9 Å². The number of hydrogen-bond donors (Lipinski definition) is 1. The minimum Gasteiger partial charge on any atom is -0.381 e. The van der Waals surface area contributed by atoms with Gasteiger partial charge in [-0.05, 0) is 41.8 Å². The molecule has 1 aromatic carbocycles. The van der Waals surface area contributed by atoms with Crippen LogP contribution in [0.5, 0.6) is 0 Å². The normalized spacial score (nSPS) is 16.3. The van der Waals surface area contributed by atoms with E-state index in [9.17, 15) is 4.79 Å². The summed E-state index contributed by atoms with van der Waals surface area (Å²) in [4.78, 5) is 21.6. The van der Waals surface area contributed by atoms with Gasteiger partial charge in [0.05, 0.1) is 6.04 Å². The van der Waals surface area contributed by atoms with Gasteiger partial charge in [-0.3, -0.25) is 14.8 Å². The summed E-state index contributed by atoms with van der Waals surface area (Å²) in [5, 5.41) is 5.09. The Labute approximate surface area is 152 Å². The molecule has 0 radical (unpaired) electrons. The summed E-state index contributed by atoms with van der Waals surface area (Å²) in [5.74, 6) is 0.175. The van der Waals surface area contributed by atoms with E-state index in [-0.39, 0.29) is 11.9 Å². The van der Waals surface area contributed by atoms with Crippen molar-refractivity contribution < 1.29 is 9.53 Å². The van der Waals surface area contributed by atoms with Crippen molar-refractivity contribution in [2.24, 2.45) is 5.92 Å². The maximum Gasteiger partial charge on any atom is 0.271 e. The van der Waals surface area contributed by atoms with Gasteiger partial charge >= 0.3 is 0 Å². The molecular weight excluding hydrogens is 326 g/mol. The number of hydrogen-bond acceptors (Lipinski definition) is 4. The van der Waals surface area contributed by atoms with E-state index in [4.69, 9.17) is 4.74 Å². The Hall–Kier alpha value is -2.79. The molecule has 26 heavy (non-hydrogen) atoms. The molecule has 5 heteroatoms. The monoisotopic (exact) mass is 347 g/mol. The molecule has 5 nitrogen and oxygen atoms in total. The molecule has 1 saturated heterocycles. The lowest BCUT2D eigenvalue weighted by atomic mass is 9.87. The highest BCUT2D eigenvalue weighted by Gasteiger charge is 2.28. The van der Waals surface area contributed by atoms with Gasteiger partial charge in [0.15, 0.2) is 0 Å². The Morgan fingerprint density at radius 1 is 1.08 bits per heavy atom. The largest absolute Gasteiger partial charge is 0.381 e. The molecular formula is C21H21N3O2. The second kappa shape index (κ2) is 7.62. The fourth-order valence-electron chi connectivity index (χ4n) is 3.59. The van der Waals surface area contributed by atoms with Gasteiger partial charge in [-0.15, -0.1) is 0 Å². The van der Waals surface area contributed by atoms with Gasteiger partial charge in [0.1, 0.15) is 5.69 Å². The zero-order chi connectivity index (χ0) is 17.8. The lowest BCUT2D eigenvalue weighted by Crippen LogP contribution is -2.36. The highest BCUT2D eigenvalue weighted by atomic mass is 16.5. The predicted octanol–water partition coefficient (Wildman–Crippen LogP) is 3.53. The lowest BCUT2D eigenvalue weighted by Gasteiger charge is -2.31. The van der Waals surface area contributed by atoms with Gasteiger partial charge in [0, 0.05) is 37.2 Å². The third-order valence-electron chi connectivity index (χ3n) is 4.96. The number of fused-ring (bicyclic) bond motifs is 1. The summed E-state index contributed by atoms with van der Waals surface area (Å²) in [6.07, 6.45) is 7.10. The van der Waals surface area contributed by atoms with Crippen molar-refractivity contribution in [3.05, 3.63) is 72.3 Å². The van der Waals surface area contributed by atoms with Crippen LogP contribution < -0.4 is 5.32 Å². The third-order valence-corrected chi connectivity index (χ3v) is 4.96. The molecule has 1 amide bonds. The number of aromatic nitrogens is 2. The summed E-state index contributed by atoms with van der Waals surface area (Å²) < 4.78 is 5.49. The first kappa shape index (κ1) is 16.7. The summed E-state index contributed by atoms with van der Waals surface area (Å²) in [6.45, 7) is 1.45. The topological polar surface area (TPSA) is 64.1 Å². The fourth-order valence-corrected chi connectivity index (χ4v) is 3.59. The fraction of sp³-hybridized carbons (Fsp3) is 0.286. The summed E-state index contributed by atoms with van der Waals surface area (Å²) in [6, 6.07) is 13.6. The van der Waals surface area contributed by atoms with E-state index >= 15 is 0 Å². The molecule has 1 fully saturated rings. The molecule has 1 atom stereocenters. The van der Waals surface area contributed by atoms with Crippen LogP contribution in [-0.4, -0.2) is 29.1 Å². The second-order valence-corrected chi connectivity index (χ2v) is 6.57. The SMILES string of the molecule is O=C(NC(c1cccnc1)C1CCOCC1)c1nccc2ccccc12. The predicted molar refractivity (Wildman–Crippen MR) is 99.7 cm³/mol. The van der Waals surface area contributed by atoms with Crippen molar-refractivity contribution in [1.82, 2.24) is 15.3 Å². The van der Waals surface area contributed by atoms with Crippen molar-refractivity contribution in [2.75, 3.05) is 13.2 Å². The number of carbonyl (C=O) groups is 1. The molecule has 1 unspecified atom stereocenters. The molecule has 0 aliphatic carbocycles. The van der Waals surface area contributed by atoms with Gasteiger partial charge in [0.2, 0.25) is 0 Å². The minimum atomic E-state index is -0.151. The first-order chi connectivity index (χ1) is 12.8. The van der Waals surface area contributed by atoms with Crippen LogP contribution in [0.4, 0.5) is 0 Å². The average molecular weight is 347 g/mol. The van der Waals surface area contributed by atoms with Gasteiger partial charge in [0.25, 0.3) is 5.91 Å². The first-order valence-corrected chi connectivity index (χ1v) is 8.95. The zero-order valence-corrected chi connectivity index (χ0v) is 14.5. The average Bonchev–Trinajstić information content (AvgIpc) is 2.72. The Morgan fingerprint density at radius 2 is 1.92 bits per heavy atom. The van der Waals surface area contributed by atoms with Crippen molar-refractivity contribution in [3.8, 4) is 0 Å². The number of pyridine rings is 2. The second-order valence-electron chi connectivity index (χ2n) is 6.57. The maximum atomic E-state index is 13.1. The Morgan fingerprint density at radius 3 is 2.73 bits per heavy atom. The Balaban J connectivity index is 1.65. The summed E-state index contributed by atoms with van der Waals surface area (Å²) >= 11 is 0. The number of ether oxygens (including phenoxy) is 1. The van der Waals surface area contributed by atoms with Crippen molar-refractivity contribution in [3.63, 3.8) is 0 Å². The molecule has 4 rings (SSSR count).